The van der Waals surface area contributed by atoms with Gasteiger partial charge in [-0.3, -0.25) is 0 Å². The van der Waals surface area contributed by atoms with Crippen LogP contribution < -0.4 is 5.32 Å². The Kier molecular flexibility index (Phi) is 7.76. The van der Waals surface area contributed by atoms with Gasteiger partial charge in [-0.15, -0.1) is 0 Å². The van der Waals surface area contributed by atoms with Crippen molar-refractivity contribution < 1.29 is 19.0 Å². The Morgan fingerprint density at radius 3 is 2.75 bits per heavy atom. The molecular weight excluding hydrogens is 353 g/mol. The topological polar surface area (TPSA) is 50.7 Å². The van der Waals surface area contributed by atoms with Crippen LogP contribution in [0.5, 0.6) is 0 Å². The molecule has 0 aliphatic rings. The molecule has 2 unspecified atom stereocenters. The van der Waals surface area contributed by atoms with Crippen LogP contribution >= 0.6 is 27.5 Å². The predicted molar refractivity (Wildman–Crippen MR) is 80.9 cm³/mol. The summed E-state index contributed by atoms with van der Waals surface area (Å²) in [6.45, 7) is 2.74. The Morgan fingerprint density at radius 2 is 2.15 bits per heavy atom. The number of ether oxygens (including phenoxy) is 2. The van der Waals surface area contributed by atoms with Crippen LogP contribution in [0.4, 0.5) is 10.1 Å². The number of hydrogen-bond acceptors (Lipinski definition) is 4. The molecule has 0 heterocycles. The molecular formula is C13H18BrClFNO3. The van der Waals surface area contributed by atoms with E-state index in [1.54, 1.807) is 7.11 Å². The van der Waals surface area contributed by atoms with Gasteiger partial charge in [0.2, 0.25) is 0 Å². The van der Waals surface area contributed by atoms with Gasteiger partial charge in [-0.05, 0) is 35.0 Å². The standard InChI is InChI=1S/C13H18BrClFNO3/c1-8(6-19-2)20-7-10(18)5-17-13-11(14)3-9(16)4-12(13)15/h3-4,8,10,17-18H,5-7H2,1-2H3. The van der Waals surface area contributed by atoms with Gasteiger partial charge in [0.15, 0.2) is 0 Å². The van der Waals surface area contributed by atoms with E-state index in [1.807, 2.05) is 6.92 Å². The number of halogens is 3. The maximum atomic E-state index is 13.1. The van der Waals surface area contributed by atoms with Crippen LogP contribution in [-0.2, 0) is 9.47 Å². The fourth-order valence-corrected chi connectivity index (χ4v) is 2.51. The number of nitrogens with one attached hydrogen (secondary N) is 1. The van der Waals surface area contributed by atoms with Gasteiger partial charge in [0.1, 0.15) is 5.82 Å². The second-order valence-corrected chi connectivity index (χ2v) is 5.64. The summed E-state index contributed by atoms with van der Waals surface area (Å²) in [7, 11) is 1.59. The first kappa shape index (κ1) is 17.7. The SMILES string of the molecule is COCC(C)OCC(O)CNc1c(Cl)cc(F)cc1Br. The molecule has 0 fully saturated rings. The lowest BCUT2D eigenvalue weighted by atomic mass is 10.3. The van der Waals surface area contributed by atoms with Crippen molar-refractivity contribution in [3.63, 3.8) is 0 Å². The van der Waals surface area contributed by atoms with E-state index in [0.29, 0.717) is 16.8 Å². The van der Waals surface area contributed by atoms with Crippen molar-refractivity contribution in [2.45, 2.75) is 19.1 Å². The van der Waals surface area contributed by atoms with Crippen LogP contribution in [0.3, 0.4) is 0 Å². The van der Waals surface area contributed by atoms with Gasteiger partial charge < -0.3 is 19.9 Å². The molecule has 1 rings (SSSR count). The highest BCUT2D eigenvalue weighted by atomic mass is 79.9. The number of aliphatic hydroxyl groups excluding tert-OH is 1. The fraction of sp³-hybridized carbons (Fsp3) is 0.538. The van der Waals surface area contributed by atoms with E-state index in [-0.39, 0.29) is 24.3 Å². The molecule has 0 aliphatic carbocycles. The maximum Gasteiger partial charge on any atom is 0.125 e. The van der Waals surface area contributed by atoms with Gasteiger partial charge in [-0.1, -0.05) is 11.6 Å². The van der Waals surface area contributed by atoms with Crippen molar-refractivity contribution in [2.24, 2.45) is 0 Å². The highest BCUT2D eigenvalue weighted by Crippen LogP contribution is 2.31. The molecule has 0 spiro atoms. The number of rotatable bonds is 8. The molecule has 114 valence electrons. The summed E-state index contributed by atoms with van der Waals surface area (Å²) in [6.07, 6.45) is -0.793. The summed E-state index contributed by atoms with van der Waals surface area (Å²) < 4.78 is 23.9. The number of hydrogen-bond donors (Lipinski definition) is 2. The third-order valence-corrected chi connectivity index (χ3v) is 3.42. The van der Waals surface area contributed by atoms with Crippen LogP contribution in [0.2, 0.25) is 5.02 Å². The predicted octanol–water partition coefficient (Wildman–Crippen LogP) is 3.07. The zero-order valence-electron chi connectivity index (χ0n) is 11.3. The molecule has 0 radical (unpaired) electrons. The molecule has 4 nitrogen and oxygen atoms in total. The van der Waals surface area contributed by atoms with E-state index < -0.39 is 11.9 Å². The number of anilines is 1. The van der Waals surface area contributed by atoms with Gasteiger partial charge >= 0.3 is 0 Å². The van der Waals surface area contributed by atoms with E-state index >= 15 is 0 Å². The summed E-state index contributed by atoms with van der Waals surface area (Å²) in [5, 5.41) is 13.0. The van der Waals surface area contributed by atoms with Crippen molar-refractivity contribution in [2.75, 3.05) is 32.2 Å². The molecule has 1 aromatic rings. The van der Waals surface area contributed by atoms with Crippen molar-refractivity contribution in [3.8, 4) is 0 Å². The fourth-order valence-electron chi connectivity index (χ4n) is 1.55. The van der Waals surface area contributed by atoms with E-state index in [0.717, 1.165) is 0 Å². The van der Waals surface area contributed by atoms with E-state index in [9.17, 15) is 9.50 Å². The molecule has 7 heteroatoms. The molecule has 0 saturated carbocycles. The number of aliphatic hydroxyl groups is 1. The molecule has 2 N–H and O–H groups in total. The molecule has 0 aliphatic heterocycles. The van der Waals surface area contributed by atoms with Gasteiger partial charge in [0, 0.05) is 18.1 Å². The molecule has 2 atom stereocenters. The van der Waals surface area contributed by atoms with Crippen molar-refractivity contribution in [1.29, 1.82) is 0 Å². The largest absolute Gasteiger partial charge is 0.389 e. The molecule has 20 heavy (non-hydrogen) atoms. The quantitative estimate of drug-likeness (QED) is 0.738. The van der Waals surface area contributed by atoms with E-state index in [1.165, 1.54) is 12.1 Å². The molecule has 0 amide bonds. The first-order valence-corrected chi connectivity index (χ1v) is 7.28. The van der Waals surface area contributed by atoms with Crippen molar-refractivity contribution in [3.05, 3.63) is 27.4 Å². The summed E-state index contributed by atoms with van der Waals surface area (Å²) in [5.74, 6) is -0.426. The highest BCUT2D eigenvalue weighted by molar-refractivity contribution is 9.10. The second kappa shape index (κ2) is 8.79. The zero-order chi connectivity index (χ0) is 15.1. The maximum absolute atomic E-state index is 13.1. The highest BCUT2D eigenvalue weighted by Gasteiger charge is 2.11. The first-order chi connectivity index (χ1) is 9.43. The van der Waals surface area contributed by atoms with E-state index in [4.69, 9.17) is 21.1 Å². The molecule has 0 saturated heterocycles. The van der Waals surface area contributed by atoms with Crippen LogP contribution in [0.25, 0.3) is 0 Å². The van der Waals surface area contributed by atoms with Crippen molar-refractivity contribution in [1.82, 2.24) is 0 Å². The molecule has 0 aromatic heterocycles. The third kappa shape index (κ3) is 5.93. The Bertz CT molecular complexity index is 413. The Hall–Kier alpha value is -0.400. The number of benzene rings is 1. The van der Waals surface area contributed by atoms with Crippen LogP contribution in [-0.4, -0.2) is 44.2 Å². The lowest BCUT2D eigenvalue weighted by Gasteiger charge is -2.17. The monoisotopic (exact) mass is 369 g/mol. The average molecular weight is 371 g/mol. The summed E-state index contributed by atoms with van der Waals surface area (Å²) >= 11 is 9.14. The van der Waals surface area contributed by atoms with Gasteiger partial charge in [-0.2, -0.15) is 0 Å². The minimum atomic E-state index is -0.706. The summed E-state index contributed by atoms with van der Waals surface area (Å²) in [6, 6.07) is 2.51. The van der Waals surface area contributed by atoms with E-state index in [2.05, 4.69) is 21.2 Å². The van der Waals surface area contributed by atoms with Gasteiger partial charge in [0.25, 0.3) is 0 Å². The van der Waals surface area contributed by atoms with Gasteiger partial charge in [-0.25, -0.2) is 4.39 Å². The van der Waals surface area contributed by atoms with Crippen LogP contribution in [0.1, 0.15) is 6.92 Å². The summed E-state index contributed by atoms with van der Waals surface area (Å²) in [4.78, 5) is 0. The lowest BCUT2D eigenvalue weighted by Crippen LogP contribution is -2.28. The smallest absolute Gasteiger partial charge is 0.125 e. The Labute approximate surface area is 131 Å². The minimum Gasteiger partial charge on any atom is -0.389 e. The second-order valence-electron chi connectivity index (χ2n) is 4.38. The van der Waals surface area contributed by atoms with Crippen LogP contribution in [0.15, 0.2) is 16.6 Å². The normalized spacial score (nSPS) is 14.1. The lowest BCUT2D eigenvalue weighted by molar-refractivity contribution is -0.0282. The molecule has 0 bridgehead atoms. The first-order valence-electron chi connectivity index (χ1n) is 6.11. The van der Waals surface area contributed by atoms with Crippen molar-refractivity contribution >= 4 is 33.2 Å². The Morgan fingerprint density at radius 1 is 1.45 bits per heavy atom. The average Bonchev–Trinajstić information content (AvgIpc) is 2.35. The minimum absolute atomic E-state index is 0.0872. The third-order valence-electron chi connectivity index (χ3n) is 2.50. The summed E-state index contributed by atoms with van der Waals surface area (Å²) in [5.41, 5.74) is 0.539. The van der Waals surface area contributed by atoms with Crippen LogP contribution in [0, 0.1) is 5.82 Å². The van der Waals surface area contributed by atoms with Gasteiger partial charge in [0.05, 0.1) is 36.1 Å². The number of methoxy groups -OCH3 is 1. The molecule has 1 aromatic carbocycles. The zero-order valence-corrected chi connectivity index (χ0v) is 13.7. The Balaban J connectivity index is 2.43.